The molecule has 0 saturated carbocycles. The number of ether oxygens (including phenoxy) is 1. The number of rotatable bonds is 7. The Labute approximate surface area is 94.4 Å². The molecule has 1 aromatic heterocycles. The quantitative estimate of drug-likeness (QED) is 0.574. The molecule has 1 aromatic rings. The number of unbranched alkanes of at least 4 members (excludes halogenated alkanes) is 1. The summed E-state index contributed by atoms with van der Waals surface area (Å²) >= 11 is 0. The highest BCUT2D eigenvalue weighted by Gasteiger charge is 2.18. The summed E-state index contributed by atoms with van der Waals surface area (Å²) in [4.78, 5) is -0.0146. The molecule has 0 unspecified atom stereocenters. The van der Waals surface area contributed by atoms with E-state index >= 15 is 0 Å². The van der Waals surface area contributed by atoms with Gasteiger partial charge in [0.05, 0.1) is 6.20 Å². The summed E-state index contributed by atoms with van der Waals surface area (Å²) in [6.45, 7) is 0.978. The van der Waals surface area contributed by atoms with Crippen LogP contribution < -0.4 is 10.5 Å². The molecule has 0 spiro atoms. The monoisotopic (exact) mass is 248 g/mol. The Morgan fingerprint density at radius 1 is 1.56 bits per heavy atom. The molecule has 0 radical (unpaired) electrons. The molecule has 7 nitrogen and oxygen atoms in total. The van der Waals surface area contributed by atoms with Gasteiger partial charge in [0.25, 0.3) is 0 Å². The number of sulfonamides is 1. The van der Waals surface area contributed by atoms with E-state index in [0.29, 0.717) is 19.6 Å². The maximum atomic E-state index is 11.7. The normalized spacial score (nSPS) is 11.8. The highest BCUT2D eigenvalue weighted by molar-refractivity contribution is 7.89. The molecular weight excluding hydrogens is 232 g/mol. The van der Waals surface area contributed by atoms with Crippen molar-refractivity contribution in [2.45, 2.75) is 17.7 Å². The van der Waals surface area contributed by atoms with E-state index in [-0.39, 0.29) is 10.7 Å². The van der Waals surface area contributed by atoms with E-state index in [4.69, 9.17) is 10.5 Å². The minimum Gasteiger partial charge on any atom is -0.385 e. The first kappa shape index (κ1) is 12.9. The summed E-state index contributed by atoms with van der Waals surface area (Å²) in [5.41, 5.74) is 5.42. The average molecular weight is 248 g/mol. The second-order valence-electron chi connectivity index (χ2n) is 3.25. The molecule has 1 heterocycles. The maximum Gasteiger partial charge on any atom is 0.245 e. The van der Waals surface area contributed by atoms with Gasteiger partial charge in [-0.1, -0.05) is 0 Å². The van der Waals surface area contributed by atoms with Crippen molar-refractivity contribution in [1.82, 2.24) is 14.9 Å². The van der Waals surface area contributed by atoms with Crippen LogP contribution in [0, 0.1) is 0 Å². The van der Waals surface area contributed by atoms with Gasteiger partial charge in [0.2, 0.25) is 10.0 Å². The van der Waals surface area contributed by atoms with Crippen molar-refractivity contribution < 1.29 is 13.2 Å². The van der Waals surface area contributed by atoms with Crippen molar-refractivity contribution in [3.63, 3.8) is 0 Å². The van der Waals surface area contributed by atoms with Gasteiger partial charge in [-0.2, -0.15) is 5.10 Å². The van der Waals surface area contributed by atoms with Gasteiger partial charge in [0, 0.05) is 20.3 Å². The molecule has 0 aliphatic carbocycles. The van der Waals surface area contributed by atoms with E-state index in [9.17, 15) is 8.42 Å². The fourth-order valence-corrected chi connectivity index (χ4v) is 2.25. The smallest absolute Gasteiger partial charge is 0.245 e. The molecule has 0 bridgehead atoms. The molecule has 0 amide bonds. The highest BCUT2D eigenvalue weighted by atomic mass is 32.2. The largest absolute Gasteiger partial charge is 0.385 e. The Balaban J connectivity index is 2.45. The third-order valence-electron chi connectivity index (χ3n) is 1.99. The van der Waals surface area contributed by atoms with Gasteiger partial charge in [-0.05, 0) is 12.8 Å². The van der Waals surface area contributed by atoms with Crippen LogP contribution in [0.1, 0.15) is 12.8 Å². The number of aromatic amines is 1. The van der Waals surface area contributed by atoms with E-state index in [1.807, 2.05) is 0 Å². The lowest BCUT2D eigenvalue weighted by Crippen LogP contribution is -2.25. The Hall–Kier alpha value is -1.12. The summed E-state index contributed by atoms with van der Waals surface area (Å²) in [5.74, 6) is 0.0457. The molecule has 0 fully saturated rings. The van der Waals surface area contributed by atoms with Crippen molar-refractivity contribution in [1.29, 1.82) is 0 Å². The summed E-state index contributed by atoms with van der Waals surface area (Å²) in [5, 5.41) is 5.93. The van der Waals surface area contributed by atoms with Crippen LogP contribution in [0.3, 0.4) is 0 Å². The lowest BCUT2D eigenvalue weighted by molar-refractivity contribution is 0.193. The number of hydrogen-bond acceptors (Lipinski definition) is 5. The van der Waals surface area contributed by atoms with E-state index in [1.165, 1.54) is 6.20 Å². The Morgan fingerprint density at radius 3 is 2.88 bits per heavy atom. The number of nitrogens with zero attached hydrogens (tertiary/aromatic N) is 1. The zero-order chi connectivity index (χ0) is 12.0. The topological polar surface area (TPSA) is 110 Å². The number of nitrogens with two attached hydrogens (primary N) is 1. The van der Waals surface area contributed by atoms with Crippen molar-refractivity contribution >= 4 is 15.8 Å². The zero-order valence-corrected chi connectivity index (χ0v) is 9.88. The predicted molar refractivity (Wildman–Crippen MR) is 59.3 cm³/mol. The van der Waals surface area contributed by atoms with Gasteiger partial charge < -0.3 is 10.5 Å². The maximum absolute atomic E-state index is 11.7. The second kappa shape index (κ2) is 5.83. The standard InChI is InChI=1S/C8H16N4O3S/c1-15-5-3-2-4-11-16(13,14)7-6-10-12-8(7)9/h6,11H,2-5H2,1H3,(H3,9,10,12). The molecule has 0 aromatic carbocycles. The fraction of sp³-hybridized carbons (Fsp3) is 0.625. The van der Waals surface area contributed by atoms with E-state index in [2.05, 4.69) is 14.9 Å². The summed E-state index contributed by atoms with van der Waals surface area (Å²) < 4.78 is 30.6. The van der Waals surface area contributed by atoms with Crippen molar-refractivity contribution in [3.8, 4) is 0 Å². The average Bonchev–Trinajstić information content (AvgIpc) is 2.65. The minimum atomic E-state index is -3.54. The molecule has 16 heavy (non-hydrogen) atoms. The first-order valence-corrected chi connectivity index (χ1v) is 6.33. The van der Waals surface area contributed by atoms with Gasteiger partial charge in [0.1, 0.15) is 10.7 Å². The van der Waals surface area contributed by atoms with Crippen LogP contribution >= 0.6 is 0 Å². The van der Waals surface area contributed by atoms with Gasteiger partial charge in [-0.3, -0.25) is 5.10 Å². The van der Waals surface area contributed by atoms with Crippen molar-refractivity contribution in [2.75, 3.05) is 26.0 Å². The number of anilines is 1. The lowest BCUT2D eigenvalue weighted by Gasteiger charge is -2.04. The molecule has 0 aliphatic rings. The minimum absolute atomic E-state index is 0.0146. The zero-order valence-electron chi connectivity index (χ0n) is 9.06. The Kier molecular flexibility index (Phi) is 4.71. The summed E-state index contributed by atoms with van der Waals surface area (Å²) in [6, 6.07) is 0. The number of nitrogen functional groups attached to an aromatic ring is 1. The predicted octanol–water partition coefficient (Wildman–Crippen LogP) is -0.303. The molecule has 0 atom stereocenters. The highest BCUT2D eigenvalue weighted by Crippen LogP contribution is 2.13. The summed E-state index contributed by atoms with van der Waals surface area (Å²) in [6.07, 6.45) is 2.71. The number of hydrogen-bond donors (Lipinski definition) is 3. The van der Waals surface area contributed by atoms with Crippen LogP contribution in [0.5, 0.6) is 0 Å². The molecule has 0 saturated heterocycles. The molecule has 4 N–H and O–H groups in total. The van der Waals surface area contributed by atoms with Crippen LogP contribution in [0.4, 0.5) is 5.82 Å². The number of nitrogens with one attached hydrogen (secondary N) is 2. The van der Waals surface area contributed by atoms with Crippen LogP contribution in [0.25, 0.3) is 0 Å². The van der Waals surface area contributed by atoms with Gasteiger partial charge in [0.15, 0.2) is 0 Å². The number of aromatic nitrogens is 2. The van der Waals surface area contributed by atoms with E-state index < -0.39 is 10.0 Å². The third-order valence-corrected chi connectivity index (χ3v) is 3.48. The Morgan fingerprint density at radius 2 is 2.31 bits per heavy atom. The van der Waals surface area contributed by atoms with Crippen LogP contribution in [0.2, 0.25) is 0 Å². The van der Waals surface area contributed by atoms with E-state index in [1.54, 1.807) is 7.11 Å². The fourth-order valence-electron chi connectivity index (χ4n) is 1.15. The molecule has 1 rings (SSSR count). The first-order valence-electron chi connectivity index (χ1n) is 4.85. The first-order chi connectivity index (χ1) is 7.58. The second-order valence-corrected chi connectivity index (χ2v) is 4.98. The SMILES string of the molecule is COCCCCNS(=O)(=O)c1cn[nH]c1N. The number of H-pyrrole nitrogens is 1. The van der Waals surface area contributed by atoms with Gasteiger partial charge in [-0.15, -0.1) is 0 Å². The van der Waals surface area contributed by atoms with Gasteiger partial charge in [-0.25, -0.2) is 13.1 Å². The lowest BCUT2D eigenvalue weighted by atomic mass is 10.3. The molecule has 0 aliphatic heterocycles. The van der Waals surface area contributed by atoms with Crippen LogP contribution in [-0.4, -0.2) is 38.9 Å². The summed E-state index contributed by atoms with van der Waals surface area (Å²) in [7, 11) is -1.94. The number of methoxy groups -OCH3 is 1. The van der Waals surface area contributed by atoms with Crippen LogP contribution in [0.15, 0.2) is 11.1 Å². The third kappa shape index (κ3) is 3.47. The van der Waals surface area contributed by atoms with E-state index in [0.717, 1.165) is 6.42 Å². The van der Waals surface area contributed by atoms with Gasteiger partial charge >= 0.3 is 0 Å². The van der Waals surface area contributed by atoms with Crippen LogP contribution in [-0.2, 0) is 14.8 Å². The molecule has 8 heteroatoms. The van der Waals surface area contributed by atoms with Crippen molar-refractivity contribution in [2.24, 2.45) is 0 Å². The Bertz CT molecular complexity index is 415. The molecular formula is C8H16N4O3S. The van der Waals surface area contributed by atoms with Crippen molar-refractivity contribution in [3.05, 3.63) is 6.20 Å². The molecule has 92 valence electrons.